The molecule has 1 aliphatic carbocycles. The van der Waals surface area contributed by atoms with Gasteiger partial charge in [-0.2, -0.15) is 5.10 Å². The third-order valence-electron chi connectivity index (χ3n) is 3.83. The second kappa shape index (κ2) is 5.19. The zero-order valence-corrected chi connectivity index (χ0v) is 11.5. The van der Waals surface area contributed by atoms with Gasteiger partial charge in [0.15, 0.2) is 0 Å². The van der Waals surface area contributed by atoms with Crippen molar-refractivity contribution >= 4 is 11.6 Å². The van der Waals surface area contributed by atoms with Crippen molar-refractivity contribution in [2.45, 2.75) is 57.4 Å². The molecule has 1 aromatic rings. The molecule has 0 radical (unpaired) electrons. The fourth-order valence-corrected chi connectivity index (χ4v) is 2.59. The number of hydrogen-bond donors (Lipinski definition) is 1. The standard InChI is InChI=1S/C13H20ClN3O/c1-9-13(14)7-16-17(9)8-12-5-4-11(18-12)6-15-10-2-3-10/h7,10-12,15H,2-6,8H2,1H3. The third-order valence-corrected chi connectivity index (χ3v) is 4.20. The minimum Gasteiger partial charge on any atom is -0.372 e. The van der Waals surface area contributed by atoms with Gasteiger partial charge in [-0.05, 0) is 32.6 Å². The molecule has 5 heteroatoms. The van der Waals surface area contributed by atoms with E-state index in [0.717, 1.165) is 42.7 Å². The predicted molar refractivity (Wildman–Crippen MR) is 70.9 cm³/mol. The van der Waals surface area contributed by atoms with Gasteiger partial charge in [-0.25, -0.2) is 0 Å². The molecule has 2 atom stereocenters. The lowest BCUT2D eigenvalue weighted by molar-refractivity contribution is 0.0337. The van der Waals surface area contributed by atoms with Gasteiger partial charge in [0.1, 0.15) is 0 Å². The summed E-state index contributed by atoms with van der Waals surface area (Å²) >= 11 is 6.00. The predicted octanol–water partition coefficient (Wildman–Crippen LogP) is 2.14. The molecule has 1 aromatic heterocycles. The molecule has 100 valence electrons. The van der Waals surface area contributed by atoms with E-state index in [9.17, 15) is 0 Å². The van der Waals surface area contributed by atoms with E-state index in [0.29, 0.717) is 6.10 Å². The Hall–Kier alpha value is -0.580. The first kappa shape index (κ1) is 12.5. The van der Waals surface area contributed by atoms with Crippen LogP contribution in [-0.2, 0) is 11.3 Å². The van der Waals surface area contributed by atoms with E-state index in [2.05, 4.69) is 10.4 Å². The summed E-state index contributed by atoms with van der Waals surface area (Å²) in [6.45, 7) is 3.81. The molecule has 0 spiro atoms. The van der Waals surface area contributed by atoms with Crippen molar-refractivity contribution in [3.05, 3.63) is 16.9 Å². The third kappa shape index (κ3) is 2.87. The molecule has 0 bridgehead atoms. The van der Waals surface area contributed by atoms with Crippen molar-refractivity contribution in [3.63, 3.8) is 0 Å². The highest BCUT2D eigenvalue weighted by Crippen LogP contribution is 2.24. The number of aromatic nitrogens is 2. The molecular weight excluding hydrogens is 250 g/mol. The van der Waals surface area contributed by atoms with Crippen LogP contribution >= 0.6 is 11.6 Å². The average molecular weight is 270 g/mol. The van der Waals surface area contributed by atoms with E-state index in [1.165, 1.54) is 12.8 Å². The Balaban J connectivity index is 1.47. The van der Waals surface area contributed by atoms with Crippen LogP contribution in [0.4, 0.5) is 0 Å². The summed E-state index contributed by atoms with van der Waals surface area (Å²) in [6, 6.07) is 0.764. The van der Waals surface area contributed by atoms with E-state index in [1.54, 1.807) is 6.20 Å². The quantitative estimate of drug-likeness (QED) is 0.890. The van der Waals surface area contributed by atoms with Crippen LogP contribution in [0.5, 0.6) is 0 Å². The summed E-state index contributed by atoms with van der Waals surface area (Å²) in [7, 11) is 0. The first-order valence-electron chi connectivity index (χ1n) is 6.79. The SMILES string of the molecule is Cc1c(Cl)cnn1CC1CCC(CNC2CC2)O1. The van der Waals surface area contributed by atoms with Crippen LogP contribution in [0.25, 0.3) is 0 Å². The second-order valence-electron chi connectivity index (χ2n) is 5.40. The lowest BCUT2D eigenvalue weighted by Gasteiger charge is -2.15. The fourth-order valence-electron chi connectivity index (χ4n) is 2.45. The van der Waals surface area contributed by atoms with E-state index < -0.39 is 0 Å². The summed E-state index contributed by atoms with van der Waals surface area (Å²) in [5, 5.41) is 8.54. The summed E-state index contributed by atoms with van der Waals surface area (Å²) < 4.78 is 7.99. The monoisotopic (exact) mass is 269 g/mol. The molecule has 0 aromatic carbocycles. The summed E-state index contributed by atoms with van der Waals surface area (Å²) in [6.07, 6.45) is 7.31. The molecule has 18 heavy (non-hydrogen) atoms. The highest BCUT2D eigenvalue weighted by molar-refractivity contribution is 6.31. The van der Waals surface area contributed by atoms with Gasteiger partial charge >= 0.3 is 0 Å². The van der Waals surface area contributed by atoms with Crippen LogP contribution in [0.3, 0.4) is 0 Å². The molecule has 2 unspecified atom stereocenters. The van der Waals surface area contributed by atoms with E-state index >= 15 is 0 Å². The van der Waals surface area contributed by atoms with Crippen molar-refractivity contribution in [1.29, 1.82) is 0 Å². The van der Waals surface area contributed by atoms with E-state index in [4.69, 9.17) is 16.3 Å². The van der Waals surface area contributed by atoms with Gasteiger partial charge in [0.25, 0.3) is 0 Å². The highest BCUT2D eigenvalue weighted by atomic mass is 35.5. The van der Waals surface area contributed by atoms with Gasteiger partial charge in [0.2, 0.25) is 0 Å². The Kier molecular flexibility index (Phi) is 3.59. The zero-order valence-electron chi connectivity index (χ0n) is 10.7. The van der Waals surface area contributed by atoms with Crippen molar-refractivity contribution in [3.8, 4) is 0 Å². The van der Waals surface area contributed by atoms with Gasteiger partial charge in [0.05, 0.1) is 35.7 Å². The van der Waals surface area contributed by atoms with Crippen LogP contribution in [0.15, 0.2) is 6.20 Å². The first-order chi connectivity index (χ1) is 8.72. The number of nitrogens with zero attached hydrogens (tertiary/aromatic N) is 2. The average Bonchev–Trinajstić information content (AvgIpc) is 3.02. The molecule has 1 aliphatic heterocycles. The van der Waals surface area contributed by atoms with Crippen molar-refractivity contribution in [2.24, 2.45) is 0 Å². The van der Waals surface area contributed by atoms with Crippen molar-refractivity contribution in [2.75, 3.05) is 6.54 Å². The van der Waals surface area contributed by atoms with Gasteiger partial charge in [0, 0.05) is 12.6 Å². The van der Waals surface area contributed by atoms with E-state index in [-0.39, 0.29) is 6.10 Å². The summed E-state index contributed by atoms with van der Waals surface area (Å²) in [4.78, 5) is 0. The Morgan fingerprint density at radius 2 is 2.17 bits per heavy atom. The van der Waals surface area contributed by atoms with Crippen molar-refractivity contribution in [1.82, 2.24) is 15.1 Å². The minimum absolute atomic E-state index is 0.283. The Bertz CT molecular complexity index is 416. The Labute approximate surface area is 113 Å². The molecule has 0 amide bonds. The number of hydrogen-bond acceptors (Lipinski definition) is 3. The molecule has 2 fully saturated rings. The minimum atomic E-state index is 0.283. The van der Waals surface area contributed by atoms with E-state index in [1.807, 2.05) is 11.6 Å². The Morgan fingerprint density at radius 1 is 1.39 bits per heavy atom. The van der Waals surface area contributed by atoms with Gasteiger partial charge in [-0.15, -0.1) is 0 Å². The topological polar surface area (TPSA) is 39.1 Å². The van der Waals surface area contributed by atoms with Crippen LogP contribution in [0.1, 0.15) is 31.4 Å². The molecule has 2 heterocycles. The lowest BCUT2D eigenvalue weighted by Crippen LogP contribution is -2.29. The fraction of sp³-hybridized carbons (Fsp3) is 0.769. The second-order valence-corrected chi connectivity index (χ2v) is 5.81. The summed E-state index contributed by atoms with van der Waals surface area (Å²) in [5.74, 6) is 0. The Morgan fingerprint density at radius 3 is 2.83 bits per heavy atom. The highest BCUT2D eigenvalue weighted by Gasteiger charge is 2.28. The smallest absolute Gasteiger partial charge is 0.0814 e. The van der Waals surface area contributed by atoms with Crippen LogP contribution in [0, 0.1) is 6.92 Å². The van der Waals surface area contributed by atoms with Gasteiger partial charge in [-0.3, -0.25) is 4.68 Å². The first-order valence-corrected chi connectivity index (χ1v) is 7.17. The molecular formula is C13H20ClN3O. The number of ether oxygens (including phenoxy) is 1. The van der Waals surface area contributed by atoms with Crippen LogP contribution in [0.2, 0.25) is 5.02 Å². The summed E-state index contributed by atoms with van der Waals surface area (Å²) in [5.41, 5.74) is 1.03. The number of rotatable bonds is 5. The molecule has 1 saturated heterocycles. The van der Waals surface area contributed by atoms with Crippen LogP contribution in [-0.4, -0.2) is 34.6 Å². The molecule has 4 nitrogen and oxygen atoms in total. The maximum Gasteiger partial charge on any atom is 0.0814 e. The molecule has 1 saturated carbocycles. The van der Waals surface area contributed by atoms with Crippen molar-refractivity contribution < 1.29 is 4.74 Å². The van der Waals surface area contributed by atoms with Gasteiger partial charge in [-0.1, -0.05) is 11.6 Å². The zero-order chi connectivity index (χ0) is 12.5. The largest absolute Gasteiger partial charge is 0.372 e. The number of nitrogens with one attached hydrogen (secondary N) is 1. The molecule has 2 aliphatic rings. The van der Waals surface area contributed by atoms with Gasteiger partial charge < -0.3 is 10.1 Å². The lowest BCUT2D eigenvalue weighted by atomic mass is 10.2. The molecule has 3 rings (SSSR count). The maximum absolute atomic E-state index is 6.04. The van der Waals surface area contributed by atoms with Crippen LogP contribution < -0.4 is 5.32 Å². The maximum atomic E-state index is 6.04. The normalized spacial score (nSPS) is 27.9. The number of halogens is 1. The molecule has 1 N–H and O–H groups in total.